The summed E-state index contributed by atoms with van der Waals surface area (Å²) in [5.41, 5.74) is -0.224. The standard InChI is InChI=1S/C28H36N2O5S/c1-2-3-4-5-6-7-8-9-10-11-12-13-14-15-16-17-18-19-20-21-28(31)29-36(34,35)27-24-22-26(23-25-27)30(32)33/h3-4,6-7,9-10,12-13,15-16,18-19,22-25H,2,5,8,11,14,17,20-21H2,1H3,(H,29,31)/b4-3-,7-6-,10-9-,13-12-,16-15-,19-18-. The van der Waals surface area contributed by atoms with Gasteiger partial charge in [0.05, 0.1) is 9.82 Å². The summed E-state index contributed by atoms with van der Waals surface area (Å²) in [4.78, 5) is 21.8. The number of hydrogen-bond acceptors (Lipinski definition) is 5. The van der Waals surface area contributed by atoms with Crippen LogP contribution in [0.3, 0.4) is 0 Å². The molecule has 0 aliphatic heterocycles. The number of nitro benzene ring substituents is 1. The van der Waals surface area contributed by atoms with Gasteiger partial charge in [-0.2, -0.15) is 0 Å². The van der Waals surface area contributed by atoms with E-state index >= 15 is 0 Å². The van der Waals surface area contributed by atoms with Crippen molar-refractivity contribution in [2.75, 3.05) is 0 Å². The van der Waals surface area contributed by atoms with Crippen LogP contribution in [0.5, 0.6) is 0 Å². The smallest absolute Gasteiger partial charge is 0.269 e. The van der Waals surface area contributed by atoms with Crippen molar-refractivity contribution in [1.82, 2.24) is 4.72 Å². The van der Waals surface area contributed by atoms with Crippen LogP contribution >= 0.6 is 0 Å². The molecule has 0 atom stereocenters. The predicted molar refractivity (Wildman–Crippen MR) is 146 cm³/mol. The first-order valence-corrected chi connectivity index (χ1v) is 13.5. The molecule has 0 saturated carbocycles. The van der Waals surface area contributed by atoms with Gasteiger partial charge < -0.3 is 0 Å². The van der Waals surface area contributed by atoms with Gasteiger partial charge in [0.1, 0.15) is 0 Å². The van der Waals surface area contributed by atoms with Crippen molar-refractivity contribution in [3.63, 3.8) is 0 Å². The maximum Gasteiger partial charge on any atom is 0.269 e. The monoisotopic (exact) mass is 512 g/mol. The highest BCUT2D eigenvalue weighted by molar-refractivity contribution is 7.90. The molecule has 0 unspecified atom stereocenters. The maximum absolute atomic E-state index is 12.2. The molecule has 7 nitrogen and oxygen atoms in total. The molecule has 0 aliphatic carbocycles. The van der Waals surface area contributed by atoms with Crippen molar-refractivity contribution in [2.24, 2.45) is 0 Å². The van der Waals surface area contributed by atoms with Crippen molar-refractivity contribution in [3.8, 4) is 0 Å². The third-order valence-electron chi connectivity index (χ3n) is 4.74. The normalized spacial score (nSPS) is 12.8. The fourth-order valence-electron chi connectivity index (χ4n) is 2.86. The molecule has 36 heavy (non-hydrogen) atoms. The molecule has 1 aromatic carbocycles. The third kappa shape index (κ3) is 14.7. The number of nitrogens with zero attached hydrogens (tertiary/aromatic N) is 1. The molecule has 1 aromatic rings. The lowest BCUT2D eigenvalue weighted by atomic mass is 10.2. The molecule has 0 fully saturated rings. The number of sulfonamides is 1. The Balaban J connectivity index is 2.17. The second-order valence-corrected chi connectivity index (χ2v) is 9.42. The van der Waals surface area contributed by atoms with Crippen LogP contribution in [0.25, 0.3) is 0 Å². The van der Waals surface area contributed by atoms with Crippen LogP contribution in [0.1, 0.15) is 58.3 Å². The molecular weight excluding hydrogens is 476 g/mol. The lowest BCUT2D eigenvalue weighted by Gasteiger charge is -2.06. The highest BCUT2D eigenvalue weighted by Gasteiger charge is 2.18. The minimum Gasteiger partial charge on any atom is -0.274 e. The van der Waals surface area contributed by atoms with Crippen LogP contribution in [-0.2, 0) is 14.8 Å². The molecular formula is C28H36N2O5S. The highest BCUT2D eigenvalue weighted by atomic mass is 32.2. The molecule has 0 radical (unpaired) electrons. The van der Waals surface area contributed by atoms with Crippen molar-refractivity contribution < 1.29 is 18.1 Å². The Morgan fingerprint density at radius 2 is 1.19 bits per heavy atom. The van der Waals surface area contributed by atoms with Gasteiger partial charge in [-0.1, -0.05) is 79.8 Å². The molecule has 1 rings (SSSR count). The van der Waals surface area contributed by atoms with Crippen LogP contribution in [0.2, 0.25) is 0 Å². The number of amides is 1. The van der Waals surface area contributed by atoms with Gasteiger partial charge in [-0.15, -0.1) is 0 Å². The van der Waals surface area contributed by atoms with E-state index in [4.69, 9.17) is 0 Å². The first-order valence-electron chi connectivity index (χ1n) is 12.1. The third-order valence-corrected chi connectivity index (χ3v) is 6.13. The molecule has 1 amide bonds. The molecule has 0 aromatic heterocycles. The zero-order valence-electron chi connectivity index (χ0n) is 20.8. The van der Waals surface area contributed by atoms with Crippen molar-refractivity contribution in [1.29, 1.82) is 0 Å². The van der Waals surface area contributed by atoms with Crippen LogP contribution in [0.15, 0.2) is 102 Å². The molecule has 8 heteroatoms. The zero-order valence-corrected chi connectivity index (χ0v) is 21.6. The Kier molecular flexibility index (Phi) is 15.9. The quantitative estimate of drug-likeness (QED) is 0.139. The Labute approximate surface area is 214 Å². The minimum atomic E-state index is -4.05. The van der Waals surface area contributed by atoms with E-state index in [-0.39, 0.29) is 17.0 Å². The lowest BCUT2D eigenvalue weighted by Crippen LogP contribution is -2.30. The first kappa shape index (κ1) is 30.5. The molecule has 0 bridgehead atoms. The molecule has 1 N–H and O–H groups in total. The Bertz CT molecular complexity index is 1080. The average molecular weight is 513 g/mol. The summed E-state index contributed by atoms with van der Waals surface area (Å²) >= 11 is 0. The SMILES string of the molecule is CC/C=C\C/C=C\C/C=C\C/C=C\C/C=C\C/C=C\CCC(=O)NS(=O)(=O)c1ccc([N+](=O)[O-])cc1. The Morgan fingerprint density at radius 1 is 0.778 bits per heavy atom. The summed E-state index contributed by atoms with van der Waals surface area (Å²) < 4.78 is 26.3. The minimum absolute atomic E-state index is 0.0222. The van der Waals surface area contributed by atoms with Gasteiger partial charge in [0.15, 0.2) is 0 Å². The fourth-order valence-corrected chi connectivity index (χ4v) is 3.87. The van der Waals surface area contributed by atoms with Crippen LogP contribution in [0.4, 0.5) is 5.69 Å². The number of carbonyl (C=O) groups excluding carboxylic acids is 1. The van der Waals surface area contributed by atoms with E-state index < -0.39 is 20.9 Å². The van der Waals surface area contributed by atoms with E-state index in [2.05, 4.69) is 61.6 Å². The molecule has 0 heterocycles. The molecule has 0 aliphatic rings. The number of rotatable bonds is 17. The summed E-state index contributed by atoms with van der Waals surface area (Å²) in [5, 5.41) is 10.7. The van der Waals surface area contributed by atoms with Crippen LogP contribution < -0.4 is 4.72 Å². The summed E-state index contributed by atoms with van der Waals surface area (Å²) in [6.45, 7) is 2.13. The van der Waals surface area contributed by atoms with E-state index in [1.165, 1.54) is 0 Å². The van der Waals surface area contributed by atoms with E-state index in [0.717, 1.165) is 62.8 Å². The summed E-state index contributed by atoms with van der Waals surface area (Å²) in [7, 11) is -4.05. The number of non-ortho nitro benzene ring substituents is 1. The topological polar surface area (TPSA) is 106 Å². The number of nitro groups is 1. The molecule has 0 saturated heterocycles. The van der Waals surface area contributed by atoms with Gasteiger partial charge in [0.2, 0.25) is 5.91 Å². The maximum atomic E-state index is 12.2. The first-order chi connectivity index (χ1) is 17.4. The molecule has 194 valence electrons. The molecule has 0 spiro atoms. The zero-order chi connectivity index (χ0) is 26.5. The lowest BCUT2D eigenvalue weighted by molar-refractivity contribution is -0.384. The Morgan fingerprint density at radius 3 is 1.61 bits per heavy atom. The van der Waals surface area contributed by atoms with Gasteiger partial charge in [0.25, 0.3) is 15.7 Å². The number of hydrogen-bond donors (Lipinski definition) is 1. The number of benzene rings is 1. The van der Waals surface area contributed by atoms with Gasteiger partial charge in [-0.3, -0.25) is 14.9 Å². The second-order valence-electron chi connectivity index (χ2n) is 7.73. The summed E-state index contributed by atoms with van der Waals surface area (Å²) in [5.74, 6) is -0.632. The van der Waals surface area contributed by atoms with Gasteiger partial charge >= 0.3 is 0 Å². The number of nitrogens with one attached hydrogen (secondary N) is 1. The average Bonchev–Trinajstić information content (AvgIpc) is 2.85. The van der Waals surface area contributed by atoms with Gasteiger partial charge in [-0.05, 0) is 57.1 Å². The van der Waals surface area contributed by atoms with Crippen molar-refractivity contribution in [3.05, 3.63) is 107 Å². The van der Waals surface area contributed by atoms with E-state index in [1.54, 1.807) is 0 Å². The number of carbonyl (C=O) groups is 1. The van der Waals surface area contributed by atoms with Gasteiger partial charge in [-0.25, -0.2) is 13.1 Å². The fraction of sp³-hybridized carbons (Fsp3) is 0.321. The predicted octanol–water partition coefficient (Wildman–Crippen LogP) is 6.88. The Hall–Kier alpha value is -3.52. The summed E-state index contributed by atoms with van der Waals surface area (Å²) in [6, 6.07) is 4.35. The number of allylic oxidation sites excluding steroid dienone is 12. The van der Waals surface area contributed by atoms with Gasteiger partial charge in [0, 0.05) is 18.6 Å². The summed E-state index contributed by atoms with van der Waals surface area (Å²) in [6.07, 6.45) is 31.1. The largest absolute Gasteiger partial charge is 0.274 e. The van der Waals surface area contributed by atoms with E-state index in [1.807, 2.05) is 23.0 Å². The van der Waals surface area contributed by atoms with Crippen molar-refractivity contribution >= 4 is 21.6 Å². The van der Waals surface area contributed by atoms with Crippen LogP contribution in [0, 0.1) is 10.1 Å². The highest BCUT2D eigenvalue weighted by Crippen LogP contribution is 2.15. The van der Waals surface area contributed by atoms with E-state index in [9.17, 15) is 23.3 Å². The van der Waals surface area contributed by atoms with Crippen LogP contribution in [-0.4, -0.2) is 19.2 Å². The van der Waals surface area contributed by atoms with E-state index in [0.29, 0.717) is 6.42 Å². The van der Waals surface area contributed by atoms with Crippen molar-refractivity contribution in [2.45, 2.75) is 63.2 Å². The second kappa shape index (κ2) is 18.8.